The summed E-state index contributed by atoms with van der Waals surface area (Å²) in [5.41, 5.74) is 1.26. The van der Waals surface area contributed by atoms with E-state index in [0.717, 1.165) is 38.0 Å². The lowest BCUT2D eigenvalue weighted by atomic mass is 9.68. The maximum absolute atomic E-state index is 11.1. The molecule has 2 aliphatic rings. The molecular formula is C15H18O3. The van der Waals surface area contributed by atoms with Gasteiger partial charge in [-0.2, -0.15) is 0 Å². The number of benzene rings is 1. The number of hydrogen-bond donors (Lipinski definition) is 1. The van der Waals surface area contributed by atoms with Crippen LogP contribution in [0.25, 0.3) is 0 Å². The molecule has 1 aliphatic heterocycles. The first-order valence-corrected chi connectivity index (χ1v) is 6.70. The predicted octanol–water partition coefficient (Wildman–Crippen LogP) is 3.05. The Kier molecular flexibility index (Phi) is 2.98. The lowest BCUT2D eigenvalue weighted by molar-refractivity contribution is -0.148. The molecule has 1 heterocycles. The van der Waals surface area contributed by atoms with Crippen LogP contribution in [-0.2, 0) is 4.79 Å². The number of para-hydroxylation sites is 1. The maximum Gasteiger partial charge on any atom is 0.306 e. The zero-order valence-electron chi connectivity index (χ0n) is 10.3. The minimum Gasteiger partial charge on any atom is -0.493 e. The minimum atomic E-state index is -0.619. The van der Waals surface area contributed by atoms with Crippen molar-refractivity contribution in [1.29, 1.82) is 0 Å². The van der Waals surface area contributed by atoms with Crippen molar-refractivity contribution in [3.05, 3.63) is 29.8 Å². The van der Waals surface area contributed by atoms with Crippen LogP contribution in [0.1, 0.15) is 37.2 Å². The Morgan fingerprint density at radius 2 is 2.11 bits per heavy atom. The van der Waals surface area contributed by atoms with Crippen molar-refractivity contribution in [2.75, 3.05) is 6.61 Å². The van der Waals surface area contributed by atoms with Gasteiger partial charge in [-0.25, -0.2) is 0 Å². The number of carboxylic acid groups (broad SMARTS) is 1. The average molecular weight is 246 g/mol. The molecule has 1 fully saturated rings. The van der Waals surface area contributed by atoms with Crippen molar-refractivity contribution in [3.8, 4) is 5.75 Å². The Morgan fingerprint density at radius 1 is 1.28 bits per heavy atom. The van der Waals surface area contributed by atoms with Gasteiger partial charge in [0, 0.05) is 0 Å². The van der Waals surface area contributed by atoms with E-state index in [-0.39, 0.29) is 5.92 Å². The molecule has 0 radical (unpaired) electrons. The molecule has 96 valence electrons. The number of carbonyl (C=O) groups is 1. The topological polar surface area (TPSA) is 46.5 Å². The summed E-state index contributed by atoms with van der Waals surface area (Å²) >= 11 is 0. The fraction of sp³-hybridized carbons (Fsp3) is 0.533. The predicted molar refractivity (Wildman–Crippen MR) is 67.8 cm³/mol. The van der Waals surface area contributed by atoms with Gasteiger partial charge < -0.3 is 9.84 Å². The summed E-state index contributed by atoms with van der Waals surface area (Å²) in [6, 6.07) is 8.16. The Balaban J connectivity index is 1.73. The summed E-state index contributed by atoms with van der Waals surface area (Å²) in [6.07, 6.45) is 3.93. The molecule has 3 nitrogen and oxygen atoms in total. The lowest BCUT2D eigenvalue weighted by Gasteiger charge is -2.37. The van der Waals surface area contributed by atoms with Crippen LogP contribution >= 0.6 is 0 Å². The SMILES string of the molecule is O=C(O)C1CCC1CC1CCOc2ccccc21. The molecule has 3 heteroatoms. The Labute approximate surface area is 107 Å². The summed E-state index contributed by atoms with van der Waals surface area (Å²) in [6.45, 7) is 0.756. The summed E-state index contributed by atoms with van der Waals surface area (Å²) in [7, 11) is 0. The fourth-order valence-corrected chi connectivity index (χ4v) is 3.20. The molecular weight excluding hydrogens is 228 g/mol. The highest BCUT2D eigenvalue weighted by Gasteiger charge is 2.38. The van der Waals surface area contributed by atoms with E-state index in [9.17, 15) is 4.79 Å². The third kappa shape index (κ3) is 1.98. The highest BCUT2D eigenvalue weighted by molar-refractivity contribution is 5.71. The largest absolute Gasteiger partial charge is 0.493 e. The van der Waals surface area contributed by atoms with E-state index in [2.05, 4.69) is 6.07 Å². The Morgan fingerprint density at radius 3 is 2.83 bits per heavy atom. The molecule has 1 aliphatic carbocycles. The summed E-state index contributed by atoms with van der Waals surface area (Å²) in [4.78, 5) is 11.1. The third-order valence-corrected chi connectivity index (χ3v) is 4.40. The summed E-state index contributed by atoms with van der Waals surface area (Å²) < 4.78 is 5.64. The molecule has 0 aromatic heterocycles. The van der Waals surface area contributed by atoms with Gasteiger partial charge in [-0.15, -0.1) is 0 Å². The summed E-state index contributed by atoms with van der Waals surface area (Å²) in [5, 5.41) is 9.10. The van der Waals surface area contributed by atoms with E-state index in [1.165, 1.54) is 5.56 Å². The van der Waals surface area contributed by atoms with Crippen molar-refractivity contribution in [2.24, 2.45) is 11.8 Å². The monoisotopic (exact) mass is 246 g/mol. The first-order valence-electron chi connectivity index (χ1n) is 6.70. The first-order chi connectivity index (χ1) is 8.75. The van der Waals surface area contributed by atoms with Crippen molar-refractivity contribution in [2.45, 2.75) is 31.6 Å². The van der Waals surface area contributed by atoms with Crippen molar-refractivity contribution >= 4 is 5.97 Å². The molecule has 3 unspecified atom stereocenters. The van der Waals surface area contributed by atoms with E-state index in [0.29, 0.717) is 11.8 Å². The van der Waals surface area contributed by atoms with E-state index < -0.39 is 5.97 Å². The molecule has 0 spiro atoms. The standard InChI is InChI=1S/C15H18O3/c16-15(17)13-6-5-10(13)9-11-7-8-18-14-4-2-1-3-12(11)14/h1-4,10-11,13H,5-9H2,(H,16,17). The van der Waals surface area contributed by atoms with Gasteiger partial charge in [0.05, 0.1) is 12.5 Å². The lowest BCUT2D eigenvalue weighted by Crippen LogP contribution is -2.34. The highest BCUT2D eigenvalue weighted by Crippen LogP contribution is 2.44. The van der Waals surface area contributed by atoms with Crippen LogP contribution in [0.5, 0.6) is 5.75 Å². The van der Waals surface area contributed by atoms with Crippen LogP contribution in [0, 0.1) is 11.8 Å². The van der Waals surface area contributed by atoms with Crippen molar-refractivity contribution in [1.82, 2.24) is 0 Å². The van der Waals surface area contributed by atoms with Crippen LogP contribution in [0.2, 0.25) is 0 Å². The molecule has 1 aromatic rings. The normalized spacial score (nSPS) is 29.9. The molecule has 1 saturated carbocycles. The molecule has 18 heavy (non-hydrogen) atoms. The number of rotatable bonds is 3. The number of ether oxygens (including phenoxy) is 1. The van der Waals surface area contributed by atoms with Gasteiger partial charge in [-0.05, 0) is 49.1 Å². The second kappa shape index (κ2) is 4.63. The second-order valence-electron chi connectivity index (χ2n) is 5.39. The van der Waals surface area contributed by atoms with E-state index in [4.69, 9.17) is 9.84 Å². The van der Waals surface area contributed by atoms with E-state index in [1.54, 1.807) is 0 Å². The zero-order valence-corrected chi connectivity index (χ0v) is 10.3. The molecule has 3 atom stereocenters. The number of aliphatic carboxylic acids is 1. The molecule has 0 bridgehead atoms. The molecule has 1 aromatic carbocycles. The number of fused-ring (bicyclic) bond motifs is 1. The number of carboxylic acids is 1. The van der Waals surface area contributed by atoms with E-state index >= 15 is 0 Å². The maximum atomic E-state index is 11.1. The van der Waals surface area contributed by atoms with Crippen molar-refractivity contribution in [3.63, 3.8) is 0 Å². The average Bonchev–Trinajstić information content (AvgIpc) is 2.34. The van der Waals surface area contributed by atoms with Gasteiger partial charge in [-0.1, -0.05) is 18.2 Å². The van der Waals surface area contributed by atoms with Gasteiger partial charge in [0.15, 0.2) is 0 Å². The minimum absolute atomic E-state index is 0.111. The molecule has 1 N–H and O–H groups in total. The van der Waals surface area contributed by atoms with Crippen LogP contribution in [-0.4, -0.2) is 17.7 Å². The van der Waals surface area contributed by atoms with Gasteiger partial charge in [-0.3, -0.25) is 4.79 Å². The van der Waals surface area contributed by atoms with Crippen LogP contribution in [0.3, 0.4) is 0 Å². The quantitative estimate of drug-likeness (QED) is 0.891. The smallest absolute Gasteiger partial charge is 0.306 e. The zero-order chi connectivity index (χ0) is 12.5. The number of hydrogen-bond acceptors (Lipinski definition) is 2. The van der Waals surface area contributed by atoms with Gasteiger partial charge in [0.1, 0.15) is 5.75 Å². The highest BCUT2D eigenvalue weighted by atomic mass is 16.5. The molecule has 0 amide bonds. The third-order valence-electron chi connectivity index (χ3n) is 4.40. The van der Waals surface area contributed by atoms with Gasteiger partial charge >= 0.3 is 5.97 Å². The molecule has 0 saturated heterocycles. The molecule has 3 rings (SSSR count). The fourth-order valence-electron chi connectivity index (χ4n) is 3.20. The van der Waals surface area contributed by atoms with E-state index in [1.807, 2.05) is 18.2 Å². The van der Waals surface area contributed by atoms with Crippen LogP contribution in [0.4, 0.5) is 0 Å². The second-order valence-corrected chi connectivity index (χ2v) is 5.39. The summed E-state index contributed by atoms with van der Waals surface area (Å²) in [5.74, 6) is 1.09. The Bertz CT molecular complexity index is 455. The van der Waals surface area contributed by atoms with Crippen molar-refractivity contribution < 1.29 is 14.6 Å². The first kappa shape index (κ1) is 11.6. The van der Waals surface area contributed by atoms with Crippen LogP contribution in [0.15, 0.2) is 24.3 Å². The van der Waals surface area contributed by atoms with Crippen LogP contribution < -0.4 is 4.74 Å². The Hall–Kier alpha value is -1.51. The van der Waals surface area contributed by atoms with Gasteiger partial charge in [0.2, 0.25) is 0 Å². The van der Waals surface area contributed by atoms with Gasteiger partial charge in [0.25, 0.3) is 0 Å².